The first kappa shape index (κ1) is 12.9. The molecule has 6 heteroatoms. The van der Waals surface area contributed by atoms with Gasteiger partial charge in [-0.15, -0.1) is 0 Å². The summed E-state index contributed by atoms with van der Waals surface area (Å²) in [5.74, 6) is 0.192. The molecule has 1 rings (SSSR count). The highest BCUT2D eigenvalue weighted by atomic mass is 79.9. The molecule has 1 amide bonds. The summed E-state index contributed by atoms with van der Waals surface area (Å²) < 4.78 is 5.89. The van der Waals surface area contributed by atoms with Crippen molar-refractivity contribution in [2.75, 3.05) is 14.2 Å². The summed E-state index contributed by atoms with van der Waals surface area (Å²) in [6.07, 6.45) is 0. The van der Waals surface area contributed by atoms with Crippen molar-refractivity contribution in [3.63, 3.8) is 0 Å². The minimum absolute atomic E-state index is 0.270. The van der Waals surface area contributed by atoms with Gasteiger partial charge in [0.05, 0.1) is 12.7 Å². The molecule has 16 heavy (non-hydrogen) atoms. The van der Waals surface area contributed by atoms with E-state index < -0.39 is 0 Å². The molecule has 2 N–H and O–H groups in total. The lowest BCUT2D eigenvalue weighted by molar-refractivity contribution is 0.0974. The van der Waals surface area contributed by atoms with E-state index in [1.165, 1.54) is 7.11 Å². The second-order valence-electron chi connectivity index (χ2n) is 2.88. The van der Waals surface area contributed by atoms with E-state index in [4.69, 9.17) is 17.0 Å². The number of halogens is 1. The standard InChI is InChI=1S/C10H11BrN2O2S/c1-12-10(16)13-9(14)7-5-6(11)3-4-8(7)15-2/h3-5H,1-2H3,(H2,12,13,14,16). The van der Waals surface area contributed by atoms with Crippen LogP contribution in [0.1, 0.15) is 10.4 Å². The van der Waals surface area contributed by atoms with E-state index >= 15 is 0 Å². The third-order valence-electron chi connectivity index (χ3n) is 1.86. The Hall–Kier alpha value is -1.14. The molecule has 0 atom stereocenters. The Balaban J connectivity index is 2.97. The molecule has 0 unspecified atom stereocenters. The van der Waals surface area contributed by atoms with Gasteiger partial charge in [0, 0.05) is 11.5 Å². The Labute approximate surface area is 107 Å². The zero-order valence-electron chi connectivity index (χ0n) is 8.83. The number of carbonyl (C=O) groups is 1. The van der Waals surface area contributed by atoms with Gasteiger partial charge < -0.3 is 10.1 Å². The number of hydrogen-bond acceptors (Lipinski definition) is 3. The molecule has 0 aromatic heterocycles. The predicted molar refractivity (Wildman–Crippen MR) is 69.8 cm³/mol. The smallest absolute Gasteiger partial charge is 0.261 e. The van der Waals surface area contributed by atoms with Crippen LogP contribution in [0.15, 0.2) is 22.7 Å². The van der Waals surface area contributed by atoms with Gasteiger partial charge in [0.25, 0.3) is 5.91 Å². The zero-order chi connectivity index (χ0) is 12.1. The van der Waals surface area contributed by atoms with E-state index in [-0.39, 0.29) is 11.0 Å². The fourth-order valence-electron chi connectivity index (χ4n) is 1.09. The lowest BCUT2D eigenvalue weighted by Crippen LogP contribution is -2.37. The SMILES string of the molecule is CNC(=S)NC(=O)c1cc(Br)ccc1OC. The normalized spacial score (nSPS) is 9.44. The van der Waals surface area contributed by atoms with E-state index in [2.05, 4.69) is 26.6 Å². The molecular weight excluding hydrogens is 292 g/mol. The first-order chi connectivity index (χ1) is 7.58. The van der Waals surface area contributed by atoms with Crippen LogP contribution in [0, 0.1) is 0 Å². The Morgan fingerprint density at radius 3 is 2.75 bits per heavy atom. The summed E-state index contributed by atoms with van der Waals surface area (Å²) in [5, 5.41) is 5.46. The second-order valence-corrected chi connectivity index (χ2v) is 4.20. The number of hydrogen-bond donors (Lipinski definition) is 2. The molecule has 0 fully saturated rings. The molecule has 86 valence electrons. The molecule has 0 saturated heterocycles. The summed E-state index contributed by atoms with van der Waals surface area (Å²) in [6.45, 7) is 0. The van der Waals surface area contributed by atoms with Crippen LogP contribution in [-0.4, -0.2) is 25.2 Å². The summed E-state index contributed by atoms with van der Waals surface area (Å²) in [5.41, 5.74) is 0.425. The van der Waals surface area contributed by atoms with Crippen molar-refractivity contribution in [3.05, 3.63) is 28.2 Å². The molecule has 0 spiro atoms. The lowest BCUT2D eigenvalue weighted by Gasteiger charge is -2.09. The average Bonchev–Trinajstić information content (AvgIpc) is 2.28. The molecular formula is C10H11BrN2O2S. The van der Waals surface area contributed by atoms with Crippen molar-refractivity contribution in [2.24, 2.45) is 0 Å². The van der Waals surface area contributed by atoms with Crippen molar-refractivity contribution < 1.29 is 9.53 Å². The quantitative estimate of drug-likeness (QED) is 0.817. The summed E-state index contributed by atoms with van der Waals surface area (Å²) >= 11 is 8.14. The number of benzene rings is 1. The summed E-state index contributed by atoms with van der Waals surface area (Å²) in [4.78, 5) is 11.8. The molecule has 0 heterocycles. The largest absolute Gasteiger partial charge is 0.496 e. The van der Waals surface area contributed by atoms with Gasteiger partial charge in [-0.05, 0) is 30.4 Å². The fraction of sp³-hybridized carbons (Fsp3) is 0.200. The van der Waals surface area contributed by atoms with E-state index in [0.717, 1.165) is 4.47 Å². The maximum absolute atomic E-state index is 11.8. The number of carbonyl (C=O) groups excluding carboxylic acids is 1. The third kappa shape index (κ3) is 3.18. The van der Waals surface area contributed by atoms with Crippen LogP contribution in [0.4, 0.5) is 0 Å². The van der Waals surface area contributed by atoms with Crippen LogP contribution in [0.2, 0.25) is 0 Å². The molecule has 0 aliphatic rings. The summed E-state index contributed by atoms with van der Waals surface area (Å²) in [7, 11) is 3.15. The first-order valence-corrected chi connectivity index (χ1v) is 5.65. The van der Waals surface area contributed by atoms with Gasteiger partial charge >= 0.3 is 0 Å². The van der Waals surface area contributed by atoms with Crippen molar-refractivity contribution in [3.8, 4) is 5.75 Å². The van der Waals surface area contributed by atoms with Crippen LogP contribution in [0.5, 0.6) is 5.75 Å². The maximum Gasteiger partial charge on any atom is 0.261 e. The molecule has 1 aromatic carbocycles. The van der Waals surface area contributed by atoms with Gasteiger partial charge in [-0.3, -0.25) is 10.1 Å². The minimum Gasteiger partial charge on any atom is -0.496 e. The van der Waals surface area contributed by atoms with Crippen LogP contribution in [0.25, 0.3) is 0 Å². The van der Waals surface area contributed by atoms with Gasteiger partial charge in [0.15, 0.2) is 5.11 Å². The zero-order valence-corrected chi connectivity index (χ0v) is 11.2. The van der Waals surface area contributed by atoms with Crippen molar-refractivity contribution in [2.45, 2.75) is 0 Å². The number of ether oxygens (including phenoxy) is 1. The highest BCUT2D eigenvalue weighted by Crippen LogP contribution is 2.22. The molecule has 4 nitrogen and oxygen atoms in total. The van der Waals surface area contributed by atoms with Crippen LogP contribution < -0.4 is 15.4 Å². The van der Waals surface area contributed by atoms with Gasteiger partial charge in [0.2, 0.25) is 0 Å². The molecule has 1 aromatic rings. The van der Waals surface area contributed by atoms with Crippen LogP contribution in [0.3, 0.4) is 0 Å². The topological polar surface area (TPSA) is 50.4 Å². The Morgan fingerprint density at radius 2 is 2.19 bits per heavy atom. The van der Waals surface area contributed by atoms with E-state index in [0.29, 0.717) is 11.3 Å². The third-order valence-corrected chi connectivity index (χ3v) is 2.66. The number of nitrogens with one attached hydrogen (secondary N) is 2. The van der Waals surface area contributed by atoms with Crippen LogP contribution in [-0.2, 0) is 0 Å². The van der Waals surface area contributed by atoms with Crippen molar-refractivity contribution >= 4 is 39.2 Å². The van der Waals surface area contributed by atoms with Gasteiger partial charge in [-0.1, -0.05) is 15.9 Å². The van der Waals surface area contributed by atoms with E-state index in [1.807, 2.05) is 0 Å². The summed E-state index contributed by atoms with van der Waals surface area (Å²) in [6, 6.07) is 5.18. The molecule has 0 bridgehead atoms. The van der Waals surface area contributed by atoms with Gasteiger partial charge in [0.1, 0.15) is 5.75 Å². The molecule has 0 radical (unpaired) electrons. The second kappa shape index (κ2) is 5.81. The molecule has 0 aliphatic carbocycles. The first-order valence-electron chi connectivity index (χ1n) is 4.45. The number of amides is 1. The van der Waals surface area contributed by atoms with Crippen molar-refractivity contribution in [1.29, 1.82) is 0 Å². The maximum atomic E-state index is 11.8. The van der Waals surface area contributed by atoms with Crippen molar-refractivity contribution in [1.82, 2.24) is 10.6 Å². The Bertz CT molecular complexity index is 423. The monoisotopic (exact) mass is 302 g/mol. The van der Waals surface area contributed by atoms with E-state index in [9.17, 15) is 4.79 Å². The number of thiocarbonyl (C=S) groups is 1. The van der Waals surface area contributed by atoms with Gasteiger partial charge in [-0.25, -0.2) is 0 Å². The predicted octanol–water partition coefficient (Wildman–Crippen LogP) is 1.69. The number of rotatable bonds is 2. The highest BCUT2D eigenvalue weighted by molar-refractivity contribution is 9.10. The average molecular weight is 303 g/mol. The highest BCUT2D eigenvalue weighted by Gasteiger charge is 2.13. The van der Waals surface area contributed by atoms with E-state index in [1.54, 1.807) is 25.2 Å². The minimum atomic E-state index is -0.308. The Morgan fingerprint density at radius 1 is 1.50 bits per heavy atom. The fourth-order valence-corrected chi connectivity index (χ4v) is 1.54. The molecule has 0 aliphatic heterocycles. The lowest BCUT2D eigenvalue weighted by atomic mass is 10.2. The molecule has 0 saturated carbocycles. The Kier molecular flexibility index (Phi) is 4.70. The van der Waals surface area contributed by atoms with Gasteiger partial charge in [-0.2, -0.15) is 0 Å². The van der Waals surface area contributed by atoms with Crippen LogP contribution >= 0.6 is 28.1 Å². The number of methoxy groups -OCH3 is 1.